The van der Waals surface area contributed by atoms with Crippen LogP contribution in [-0.2, 0) is 9.53 Å². The third-order valence-electron chi connectivity index (χ3n) is 2.74. The minimum Gasteiger partial charge on any atom is -0.359 e. The molecule has 1 N–H and O–H groups in total. The van der Waals surface area contributed by atoms with Gasteiger partial charge in [0.1, 0.15) is 12.7 Å². The highest BCUT2D eigenvalue weighted by atomic mass is 35.5. The third kappa shape index (κ3) is 6.07. The first kappa shape index (κ1) is 19.2. The van der Waals surface area contributed by atoms with Crippen molar-refractivity contribution >= 4 is 29.1 Å². The zero-order valence-electron chi connectivity index (χ0n) is 12.7. The topological polar surface area (TPSA) is 58.6 Å². The van der Waals surface area contributed by atoms with Crippen LogP contribution in [0, 0.1) is 0 Å². The van der Waals surface area contributed by atoms with Crippen molar-refractivity contribution in [2.75, 3.05) is 26.0 Å². The number of benzene rings is 1. The highest BCUT2D eigenvalue weighted by Gasteiger charge is 2.30. The van der Waals surface area contributed by atoms with Crippen LogP contribution in [0.25, 0.3) is 0 Å². The van der Waals surface area contributed by atoms with Crippen molar-refractivity contribution in [3.05, 3.63) is 28.8 Å². The molecule has 1 aromatic carbocycles. The number of hydrogen-bond acceptors (Lipinski definition) is 3. The van der Waals surface area contributed by atoms with E-state index < -0.39 is 24.8 Å². The van der Waals surface area contributed by atoms with E-state index in [2.05, 4.69) is 10.1 Å². The highest BCUT2D eigenvalue weighted by molar-refractivity contribution is 6.34. The minimum absolute atomic E-state index is 0.165. The summed E-state index contributed by atoms with van der Waals surface area (Å²) in [5.41, 5.74) is 0.394. The van der Waals surface area contributed by atoms with Crippen molar-refractivity contribution in [2.24, 2.45) is 0 Å². The van der Waals surface area contributed by atoms with Crippen LogP contribution in [0.1, 0.15) is 17.3 Å². The Morgan fingerprint density at radius 2 is 1.96 bits per heavy atom. The standard InChI is InChI=1S/C14H16ClF3N2O3/c1-8(23-7-14(16,17)18)12(21)19-9-4-5-11(15)10(6-9)13(22)20(2)3/h4-6,8H,7H2,1-3H3,(H,19,21). The van der Waals surface area contributed by atoms with Crippen LogP contribution in [0.15, 0.2) is 18.2 Å². The average Bonchev–Trinajstić information content (AvgIpc) is 2.44. The summed E-state index contributed by atoms with van der Waals surface area (Å²) in [7, 11) is 3.08. The molecule has 0 bridgehead atoms. The maximum absolute atomic E-state index is 12.1. The molecule has 1 aromatic rings. The summed E-state index contributed by atoms with van der Waals surface area (Å²) in [6.07, 6.45) is -5.82. The Bertz CT molecular complexity index is 591. The van der Waals surface area contributed by atoms with E-state index in [0.717, 1.165) is 0 Å². The van der Waals surface area contributed by atoms with Crippen molar-refractivity contribution in [3.8, 4) is 0 Å². The molecule has 5 nitrogen and oxygen atoms in total. The predicted octanol–water partition coefficient (Wildman–Crippen LogP) is 2.95. The van der Waals surface area contributed by atoms with E-state index in [0.29, 0.717) is 0 Å². The molecule has 0 fully saturated rings. The molecule has 0 saturated heterocycles. The van der Waals surface area contributed by atoms with Gasteiger partial charge in [-0.3, -0.25) is 9.59 Å². The number of rotatable bonds is 5. The van der Waals surface area contributed by atoms with Gasteiger partial charge >= 0.3 is 6.18 Å². The van der Waals surface area contributed by atoms with E-state index >= 15 is 0 Å². The van der Waals surface area contributed by atoms with Crippen molar-refractivity contribution in [1.29, 1.82) is 0 Å². The number of anilines is 1. The van der Waals surface area contributed by atoms with Gasteiger partial charge in [-0.15, -0.1) is 0 Å². The van der Waals surface area contributed by atoms with Crippen molar-refractivity contribution in [3.63, 3.8) is 0 Å². The van der Waals surface area contributed by atoms with E-state index in [1.165, 1.54) is 44.1 Å². The van der Waals surface area contributed by atoms with Crippen LogP contribution >= 0.6 is 11.6 Å². The number of hydrogen-bond donors (Lipinski definition) is 1. The smallest absolute Gasteiger partial charge is 0.359 e. The molecule has 0 saturated carbocycles. The van der Waals surface area contributed by atoms with Crippen LogP contribution in [0.4, 0.5) is 18.9 Å². The van der Waals surface area contributed by atoms with E-state index in [4.69, 9.17) is 11.6 Å². The lowest BCUT2D eigenvalue weighted by molar-refractivity contribution is -0.184. The average molecular weight is 353 g/mol. The van der Waals surface area contributed by atoms with Crippen molar-refractivity contribution < 1.29 is 27.5 Å². The van der Waals surface area contributed by atoms with Gasteiger partial charge in [0.25, 0.3) is 11.8 Å². The number of amides is 2. The van der Waals surface area contributed by atoms with Crippen LogP contribution in [0.5, 0.6) is 0 Å². The Balaban J connectivity index is 2.79. The number of carbonyl (C=O) groups is 2. The van der Waals surface area contributed by atoms with Gasteiger partial charge in [-0.1, -0.05) is 11.6 Å². The van der Waals surface area contributed by atoms with E-state index in [1.54, 1.807) is 0 Å². The first-order chi connectivity index (χ1) is 10.5. The molecule has 0 radical (unpaired) electrons. The summed E-state index contributed by atoms with van der Waals surface area (Å²) in [6.45, 7) is -0.324. The number of halogens is 4. The number of nitrogens with one attached hydrogen (secondary N) is 1. The number of carbonyl (C=O) groups excluding carboxylic acids is 2. The van der Waals surface area contributed by atoms with Gasteiger partial charge in [-0.2, -0.15) is 13.2 Å². The molecular formula is C14H16ClF3N2O3. The van der Waals surface area contributed by atoms with Crippen molar-refractivity contribution in [1.82, 2.24) is 4.90 Å². The molecule has 0 aliphatic heterocycles. The summed E-state index contributed by atoms with van der Waals surface area (Å²) in [5, 5.41) is 2.58. The molecule has 0 spiro atoms. The largest absolute Gasteiger partial charge is 0.411 e. The lowest BCUT2D eigenvalue weighted by atomic mass is 10.1. The summed E-state index contributed by atoms with van der Waals surface area (Å²) in [6, 6.07) is 4.19. The SMILES string of the molecule is CC(OCC(F)(F)F)C(=O)Nc1ccc(Cl)c(C(=O)N(C)C)c1. The zero-order valence-corrected chi connectivity index (χ0v) is 13.5. The van der Waals surface area contributed by atoms with Gasteiger partial charge in [0, 0.05) is 19.8 Å². The molecule has 1 unspecified atom stereocenters. The Hall–Kier alpha value is -1.80. The first-order valence-corrected chi connectivity index (χ1v) is 6.89. The summed E-state index contributed by atoms with van der Waals surface area (Å²) in [4.78, 5) is 25.0. The number of alkyl halides is 3. The maximum Gasteiger partial charge on any atom is 0.411 e. The Morgan fingerprint density at radius 3 is 2.48 bits per heavy atom. The summed E-state index contributed by atoms with van der Waals surface area (Å²) in [5.74, 6) is -1.13. The molecule has 128 valence electrons. The Morgan fingerprint density at radius 1 is 1.35 bits per heavy atom. The molecule has 0 aliphatic rings. The summed E-state index contributed by atoms with van der Waals surface area (Å²) < 4.78 is 40.6. The van der Waals surface area contributed by atoms with E-state index in [1.807, 2.05) is 0 Å². The Kier molecular flexibility index (Phi) is 6.40. The fourth-order valence-electron chi connectivity index (χ4n) is 1.55. The van der Waals surface area contributed by atoms with Crippen LogP contribution < -0.4 is 5.32 Å². The predicted molar refractivity (Wildman–Crippen MR) is 79.6 cm³/mol. The van der Waals surface area contributed by atoms with Crippen LogP contribution in [-0.4, -0.2) is 49.7 Å². The Labute approximate surface area is 136 Å². The fourth-order valence-corrected chi connectivity index (χ4v) is 1.75. The molecule has 1 atom stereocenters. The van der Waals surface area contributed by atoms with Gasteiger partial charge in [-0.25, -0.2) is 0 Å². The normalized spacial score (nSPS) is 12.7. The molecule has 1 rings (SSSR count). The minimum atomic E-state index is -4.51. The zero-order chi connectivity index (χ0) is 17.8. The van der Waals surface area contributed by atoms with Gasteiger partial charge in [0.2, 0.25) is 0 Å². The van der Waals surface area contributed by atoms with Crippen LogP contribution in [0.3, 0.4) is 0 Å². The van der Waals surface area contributed by atoms with Crippen LogP contribution in [0.2, 0.25) is 5.02 Å². The highest BCUT2D eigenvalue weighted by Crippen LogP contribution is 2.22. The molecule has 2 amide bonds. The molecule has 0 heterocycles. The van der Waals surface area contributed by atoms with E-state index in [-0.39, 0.29) is 22.2 Å². The number of ether oxygens (including phenoxy) is 1. The van der Waals surface area contributed by atoms with E-state index in [9.17, 15) is 22.8 Å². The van der Waals surface area contributed by atoms with Gasteiger partial charge in [0.15, 0.2) is 0 Å². The van der Waals surface area contributed by atoms with Gasteiger partial charge in [-0.05, 0) is 25.1 Å². The second-order valence-corrected chi connectivity index (χ2v) is 5.36. The lowest BCUT2D eigenvalue weighted by Gasteiger charge is -2.16. The fraction of sp³-hybridized carbons (Fsp3) is 0.429. The first-order valence-electron chi connectivity index (χ1n) is 6.51. The monoisotopic (exact) mass is 352 g/mol. The summed E-state index contributed by atoms with van der Waals surface area (Å²) >= 11 is 5.92. The molecule has 23 heavy (non-hydrogen) atoms. The van der Waals surface area contributed by atoms with Gasteiger partial charge < -0.3 is 15.0 Å². The molecule has 0 aliphatic carbocycles. The number of nitrogens with zero attached hydrogens (tertiary/aromatic N) is 1. The second-order valence-electron chi connectivity index (χ2n) is 4.95. The molecule has 9 heteroatoms. The second kappa shape index (κ2) is 7.65. The lowest BCUT2D eigenvalue weighted by Crippen LogP contribution is -2.31. The molecular weight excluding hydrogens is 337 g/mol. The maximum atomic E-state index is 12.1. The molecule has 0 aromatic heterocycles. The van der Waals surface area contributed by atoms with Crippen molar-refractivity contribution in [2.45, 2.75) is 19.2 Å². The van der Waals surface area contributed by atoms with Gasteiger partial charge in [0.05, 0.1) is 10.6 Å². The quantitative estimate of drug-likeness (QED) is 0.886. The third-order valence-corrected chi connectivity index (χ3v) is 3.07.